The summed E-state index contributed by atoms with van der Waals surface area (Å²) in [7, 11) is 0. The fourth-order valence-electron chi connectivity index (χ4n) is 5.30. The van der Waals surface area contributed by atoms with E-state index >= 15 is 0 Å². The molecule has 0 aliphatic carbocycles. The van der Waals surface area contributed by atoms with Crippen LogP contribution in [0, 0.1) is 5.92 Å². The summed E-state index contributed by atoms with van der Waals surface area (Å²) in [5.41, 5.74) is 0. The van der Waals surface area contributed by atoms with E-state index < -0.39 is 12.2 Å². The molecule has 1 unspecified atom stereocenters. The molecule has 0 bridgehead atoms. The zero-order valence-corrected chi connectivity index (χ0v) is 30.0. The highest BCUT2D eigenvalue weighted by molar-refractivity contribution is 5.69. The Hall–Kier alpha value is -1.18. The van der Waals surface area contributed by atoms with Crippen molar-refractivity contribution < 1.29 is 33.6 Å². The van der Waals surface area contributed by atoms with E-state index in [1.54, 1.807) is 0 Å². The van der Waals surface area contributed by atoms with Gasteiger partial charge in [-0.05, 0) is 19.3 Å². The molecule has 0 aromatic rings. The van der Waals surface area contributed by atoms with Crippen molar-refractivity contribution in [1.82, 2.24) is 0 Å². The Morgan fingerprint density at radius 1 is 0.489 bits per heavy atom. The van der Waals surface area contributed by atoms with Gasteiger partial charge in [-0.3, -0.25) is 9.59 Å². The third kappa shape index (κ3) is 32.5. The van der Waals surface area contributed by atoms with E-state index in [9.17, 15) is 14.7 Å². The number of carbonyl (C=O) groups is 2. The molecule has 0 saturated heterocycles. The third-order valence-electron chi connectivity index (χ3n) is 8.39. The molecule has 7 nitrogen and oxygen atoms in total. The second-order valence-corrected chi connectivity index (χ2v) is 12.9. The first-order valence-corrected chi connectivity index (χ1v) is 19.2. The summed E-state index contributed by atoms with van der Waals surface area (Å²) in [5.74, 6) is -1.01. The van der Waals surface area contributed by atoms with Crippen molar-refractivity contribution in [3.05, 3.63) is 0 Å². The number of ether oxygens (including phenoxy) is 4. The van der Waals surface area contributed by atoms with Gasteiger partial charge in [-0.25, -0.2) is 0 Å². The van der Waals surface area contributed by atoms with Gasteiger partial charge in [0.2, 0.25) is 0 Å². The summed E-state index contributed by atoms with van der Waals surface area (Å²) in [6, 6.07) is 0. The molecular formula is C38H74O7. The largest absolute Gasteiger partial charge is 0.465 e. The van der Waals surface area contributed by atoms with Crippen LogP contribution < -0.4 is 0 Å². The van der Waals surface area contributed by atoms with Gasteiger partial charge < -0.3 is 24.1 Å². The minimum absolute atomic E-state index is 0.0307. The minimum Gasteiger partial charge on any atom is -0.465 e. The molecule has 45 heavy (non-hydrogen) atoms. The second kappa shape index (κ2) is 35.7. The van der Waals surface area contributed by atoms with Gasteiger partial charge in [0.15, 0.2) is 6.29 Å². The lowest BCUT2D eigenvalue weighted by atomic mass is 10.1. The van der Waals surface area contributed by atoms with Crippen LogP contribution in [0.1, 0.15) is 188 Å². The zero-order chi connectivity index (χ0) is 33.1. The van der Waals surface area contributed by atoms with E-state index in [4.69, 9.17) is 18.9 Å². The molecule has 268 valence electrons. The van der Waals surface area contributed by atoms with E-state index in [-0.39, 0.29) is 38.2 Å². The molecule has 0 amide bonds. The third-order valence-corrected chi connectivity index (χ3v) is 8.39. The average Bonchev–Trinajstić information content (AvgIpc) is 3.04. The van der Waals surface area contributed by atoms with Gasteiger partial charge in [0.05, 0.1) is 32.2 Å². The molecule has 0 fully saturated rings. The monoisotopic (exact) mass is 643 g/mol. The van der Waals surface area contributed by atoms with Crippen molar-refractivity contribution in [3.63, 3.8) is 0 Å². The van der Waals surface area contributed by atoms with Crippen molar-refractivity contribution in [2.45, 2.75) is 194 Å². The molecule has 1 N–H and O–H groups in total. The van der Waals surface area contributed by atoms with Crippen LogP contribution in [-0.2, 0) is 28.5 Å². The summed E-state index contributed by atoms with van der Waals surface area (Å²) in [6.07, 6.45) is 28.6. The highest BCUT2D eigenvalue weighted by Gasteiger charge is 2.17. The Morgan fingerprint density at radius 2 is 0.844 bits per heavy atom. The average molecular weight is 643 g/mol. The summed E-state index contributed by atoms with van der Waals surface area (Å²) < 4.78 is 22.8. The lowest BCUT2D eigenvalue weighted by molar-refractivity contribution is -0.161. The van der Waals surface area contributed by atoms with Crippen LogP contribution in [-0.4, -0.2) is 56.4 Å². The summed E-state index contributed by atoms with van der Waals surface area (Å²) >= 11 is 0. The molecule has 0 aromatic carbocycles. The van der Waals surface area contributed by atoms with Crippen molar-refractivity contribution in [3.8, 4) is 0 Å². The van der Waals surface area contributed by atoms with E-state index in [2.05, 4.69) is 20.8 Å². The Bertz CT molecular complexity index is 609. The van der Waals surface area contributed by atoms with Crippen LogP contribution >= 0.6 is 0 Å². The number of rotatable bonds is 36. The summed E-state index contributed by atoms with van der Waals surface area (Å²) in [5, 5.41) is 9.70. The smallest absolute Gasteiger partial charge is 0.305 e. The zero-order valence-electron chi connectivity index (χ0n) is 30.0. The van der Waals surface area contributed by atoms with Crippen LogP contribution in [0.2, 0.25) is 0 Å². The molecule has 1 atom stereocenters. The van der Waals surface area contributed by atoms with Crippen LogP contribution in [0.3, 0.4) is 0 Å². The summed E-state index contributed by atoms with van der Waals surface area (Å²) in [4.78, 5) is 24.6. The van der Waals surface area contributed by atoms with Gasteiger partial charge in [0.25, 0.3) is 0 Å². The fraction of sp³-hybridized carbons (Fsp3) is 0.947. The highest BCUT2D eigenvalue weighted by Crippen LogP contribution is 2.14. The van der Waals surface area contributed by atoms with Crippen molar-refractivity contribution in [1.29, 1.82) is 0 Å². The molecule has 0 rings (SSSR count). The van der Waals surface area contributed by atoms with Gasteiger partial charge in [-0.1, -0.05) is 149 Å². The fourth-order valence-corrected chi connectivity index (χ4v) is 5.30. The number of hydrogen-bond acceptors (Lipinski definition) is 7. The Balaban J connectivity index is 4.14. The molecule has 0 aliphatic rings. The Labute approximate surface area is 278 Å². The second-order valence-electron chi connectivity index (χ2n) is 12.9. The maximum absolute atomic E-state index is 12.5. The predicted octanol–water partition coefficient (Wildman–Crippen LogP) is 10.2. The lowest BCUT2D eigenvalue weighted by Crippen LogP contribution is -2.25. The van der Waals surface area contributed by atoms with E-state index in [1.165, 1.54) is 103 Å². The quantitative estimate of drug-likeness (QED) is 0.0413. The van der Waals surface area contributed by atoms with Crippen LogP contribution in [0.4, 0.5) is 0 Å². The van der Waals surface area contributed by atoms with Crippen molar-refractivity contribution in [2.75, 3.05) is 33.0 Å². The number of unbranched alkanes of at least 4 members (excludes halogenated alkanes) is 20. The van der Waals surface area contributed by atoms with Gasteiger partial charge in [-0.2, -0.15) is 0 Å². The summed E-state index contributed by atoms with van der Waals surface area (Å²) in [6.45, 7) is 7.86. The number of aliphatic hydroxyl groups is 1. The SMILES string of the molecule is CCCCCCCCCCCCCC(=O)OCC(CO)COC(=O)CCC(OCCCCCCCC)OCCCCCCCC. The first-order chi connectivity index (χ1) is 22.1. The molecule has 0 aliphatic heterocycles. The predicted molar refractivity (Wildman–Crippen MR) is 185 cm³/mol. The normalized spacial score (nSPS) is 12.1. The molecule has 0 aromatic heterocycles. The maximum atomic E-state index is 12.5. The first-order valence-electron chi connectivity index (χ1n) is 19.2. The van der Waals surface area contributed by atoms with Crippen LogP contribution in [0.25, 0.3) is 0 Å². The highest BCUT2D eigenvalue weighted by atomic mass is 16.7. The number of esters is 2. The lowest BCUT2D eigenvalue weighted by Gasteiger charge is -2.19. The molecule has 7 heteroatoms. The van der Waals surface area contributed by atoms with Crippen LogP contribution in [0.15, 0.2) is 0 Å². The topological polar surface area (TPSA) is 91.3 Å². The van der Waals surface area contributed by atoms with Gasteiger partial charge in [-0.15, -0.1) is 0 Å². The van der Waals surface area contributed by atoms with Gasteiger partial charge in [0, 0.05) is 26.1 Å². The van der Waals surface area contributed by atoms with Gasteiger partial charge >= 0.3 is 11.9 Å². The van der Waals surface area contributed by atoms with Crippen molar-refractivity contribution in [2.24, 2.45) is 5.92 Å². The molecule has 0 radical (unpaired) electrons. The standard InChI is InChI=1S/C38H74O7/c1-4-7-10-13-16-17-18-19-20-21-24-27-36(40)44-33-35(32-39)34-45-37(41)28-29-38(42-30-25-22-14-11-8-5-2)43-31-26-23-15-12-9-6-3/h35,38-39H,4-34H2,1-3H3. The minimum atomic E-state index is -0.418. The van der Waals surface area contributed by atoms with Crippen molar-refractivity contribution >= 4 is 11.9 Å². The van der Waals surface area contributed by atoms with Gasteiger partial charge in [0.1, 0.15) is 0 Å². The number of aliphatic hydroxyl groups excluding tert-OH is 1. The molecule has 0 spiro atoms. The Kier molecular flexibility index (Phi) is 34.7. The number of carbonyl (C=O) groups excluding carboxylic acids is 2. The first kappa shape index (κ1) is 43.8. The number of hydrogen-bond donors (Lipinski definition) is 1. The molecular weight excluding hydrogens is 568 g/mol. The Morgan fingerprint density at radius 3 is 1.24 bits per heavy atom. The van der Waals surface area contributed by atoms with E-state index in [0.29, 0.717) is 26.1 Å². The molecule has 0 saturated carbocycles. The van der Waals surface area contributed by atoms with E-state index in [0.717, 1.165) is 44.9 Å². The van der Waals surface area contributed by atoms with Crippen LogP contribution in [0.5, 0.6) is 0 Å². The van der Waals surface area contributed by atoms with E-state index in [1.807, 2.05) is 0 Å². The molecule has 0 heterocycles. The maximum Gasteiger partial charge on any atom is 0.305 e.